The van der Waals surface area contributed by atoms with Gasteiger partial charge in [-0.15, -0.1) is 0 Å². The molecule has 1 atom stereocenters. The maximum Gasteiger partial charge on any atom is 0.327 e. The molecule has 2 N–H and O–H groups in total. The minimum absolute atomic E-state index is 0.0723. The van der Waals surface area contributed by atoms with Gasteiger partial charge in [-0.2, -0.15) is 12.6 Å². The van der Waals surface area contributed by atoms with Gasteiger partial charge in [-0.1, -0.05) is 0 Å². The van der Waals surface area contributed by atoms with E-state index in [-0.39, 0.29) is 5.75 Å². The zero-order chi connectivity index (χ0) is 10.6. The number of alkyl halides is 1. The third-order valence-electron chi connectivity index (χ3n) is 1.33. The van der Waals surface area contributed by atoms with Gasteiger partial charge in [-0.25, -0.2) is 9.18 Å². The van der Waals surface area contributed by atoms with Crippen molar-refractivity contribution in [1.82, 2.24) is 5.32 Å². The number of nitrogens with one attached hydrogen (secondary N) is 1. The van der Waals surface area contributed by atoms with Crippen LogP contribution < -0.4 is 5.32 Å². The van der Waals surface area contributed by atoms with Crippen LogP contribution in [0, 0.1) is 0 Å². The van der Waals surface area contributed by atoms with E-state index >= 15 is 0 Å². The van der Waals surface area contributed by atoms with Crippen molar-refractivity contribution in [3.8, 4) is 0 Å². The lowest BCUT2D eigenvalue weighted by Crippen LogP contribution is -2.48. The van der Waals surface area contributed by atoms with Gasteiger partial charge < -0.3 is 10.4 Å². The first kappa shape index (κ1) is 12.2. The first-order chi connectivity index (χ1) is 5.79. The number of amides is 1. The maximum absolute atomic E-state index is 12.9. The summed E-state index contributed by atoms with van der Waals surface area (Å²) >= 11 is 3.71. The van der Waals surface area contributed by atoms with Gasteiger partial charge in [0.25, 0.3) is 5.91 Å². The summed E-state index contributed by atoms with van der Waals surface area (Å²) < 4.78 is 12.9. The first-order valence-electron chi connectivity index (χ1n) is 3.62. The zero-order valence-electron chi connectivity index (χ0n) is 7.37. The van der Waals surface area contributed by atoms with Crippen molar-refractivity contribution < 1.29 is 19.1 Å². The molecule has 0 unspecified atom stereocenters. The van der Waals surface area contributed by atoms with Crippen LogP contribution in [0.5, 0.6) is 0 Å². The Labute approximate surface area is 80.9 Å². The van der Waals surface area contributed by atoms with Crippen LogP contribution in [0.2, 0.25) is 0 Å². The van der Waals surface area contributed by atoms with Crippen molar-refractivity contribution in [2.75, 3.05) is 5.75 Å². The molecule has 0 aromatic heterocycles. The van der Waals surface area contributed by atoms with Crippen molar-refractivity contribution in [3.05, 3.63) is 0 Å². The monoisotopic (exact) mass is 209 g/mol. The number of hydrogen-bond donors (Lipinski definition) is 3. The van der Waals surface area contributed by atoms with Gasteiger partial charge in [0.1, 0.15) is 6.04 Å². The molecule has 0 radical (unpaired) electrons. The second-order valence-electron chi connectivity index (χ2n) is 3.02. The number of halogens is 1. The van der Waals surface area contributed by atoms with Crippen LogP contribution in [-0.4, -0.2) is 34.4 Å². The molecule has 4 nitrogen and oxygen atoms in total. The molecule has 1 amide bonds. The highest BCUT2D eigenvalue weighted by Crippen LogP contribution is 2.08. The molecular formula is C7H12FNO3S. The van der Waals surface area contributed by atoms with E-state index in [2.05, 4.69) is 12.6 Å². The number of thiol groups is 1. The Bertz CT molecular complexity index is 214. The molecule has 0 rings (SSSR count). The van der Waals surface area contributed by atoms with Crippen LogP contribution in [-0.2, 0) is 9.59 Å². The van der Waals surface area contributed by atoms with Gasteiger partial charge in [-0.3, -0.25) is 4.79 Å². The predicted molar refractivity (Wildman–Crippen MR) is 48.6 cm³/mol. The molecule has 0 heterocycles. The molecule has 0 fully saturated rings. The Morgan fingerprint density at radius 3 is 2.31 bits per heavy atom. The zero-order valence-corrected chi connectivity index (χ0v) is 8.27. The van der Waals surface area contributed by atoms with Crippen LogP contribution >= 0.6 is 12.6 Å². The van der Waals surface area contributed by atoms with Crippen LogP contribution in [0.4, 0.5) is 4.39 Å². The number of carbonyl (C=O) groups excluding carboxylic acids is 1. The third kappa shape index (κ3) is 4.12. The molecule has 0 aromatic carbocycles. The topological polar surface area (TPSA) is 66.4 Å². The van der Waals surface area contributed by atoms with Crippen LogP contribution in [0.15, 0.2) is 0 Å². The molecule has 0 saturated carbocycles. The normalized spacial score (nSPS) is 13.5. The Morgan fingerprint density at radius 2 is 2.08 bits per heavy atom. The van der Waals surface area contributed by atoms with Crippen molar-refractivity contribution in [2.24, 2.45) is 0 Å². The Kier molecular flexibility index (Phi) is 4.19. The third-order valence-corrected chi connectivity index (χ3v) is 1.69. The number of carbonyl (C=O) groups is 2. The van der Waals surface area contributed by atoms with E-state index in [1.54, 1.807) is 0 Å². The molecule has 13 heavy (non-hydrogen) atoms. The highest BCUT2D eigenvalue weighted by Gasteiger charge is 2.30. The average molecular weight is 209 g/mol. The average Bonchev–Trinajstić information content (AvgIpc) is 1.96. The Morgan fingerprint density at radius 1 is 1.62 bits per heavy atom. The fraction of sp³-hybridized carbons (Fsp3) is 0.714. The predicted octanol–water partition coefficient (Wildman–Crippen LogP) is 0.234. The summed E-state index contributed by atoms with van der Waals surface area (Å²) in [6.45, 7) is 2.11. The number of carboxylic acids is 1. The van der Waals surface area contributed by atoms with Gasteiger partial charge in [-0.05, 0) is 13.8 Å². The summed E-state index contributed by atoms with van der Waals surface area (Å²) in [5, 5.41) is 10.5. The summed E-state index contributed by atoms with van der Waals surface area (Å²) in [5.41, 5.74) is -2.07. The minimum Gasteiger partial charge on any atom is -0.480 e. The van der Waals surface area contributed by atoms with Crippen molar-refractivity contribution in [2.45, 2.75) is 25.6 Å². The van der Waals surface area contributed by atoms with Gasteiger partial charge >= 0.3 is 5.97 Å². The van der Waals surface area contributed by atoms with E-state index in [4.69, 9.17) is 5.11 Å². The molecule has 0 spiro atoms. The van der Waals surface area contributed by atoms with Crippen molar-refractivity contribution in [3.63, 3.8) is 0 Å². The lowest BCUT2D eigenvalue weighted by Gasteiger charge is -2.17. The van der Waals surface area contributed by atoms with Gasteiger partial charge in [0.15, 0.2) is 5.67 Å². The second kappa shape index (κ2) is 4.45. The quantitative estimate of drug-likeness (QED) is 0.581. The fourth-order valence-electron chi connectivity index (χ4n) is 0.515. The summed E-state index contributed by atoms with van der Waals surface area (Å²) in [6.07, 6.45) is 0. The molecule has 0 aliphatic heterocycles. The molecule has 0 aliphatic rings. The SMILES string of the molecule is CC(C)(F)C(=O)N[C@@H](CS)C(=O)O. The van der Waals surface area contributed by atoms with E-state index < -0.39 is 23.6 Å². The molecule has 76 valence electrons. The van der Waals surface area contributed by atoms with E-state index in [1.807, 2.05) is 5.32 Å². The van der Waals surface area contributed by atoms with E-state index in [0.717, 1.165) is 13.8 Å². The molecule has 0 aliphatic carbocycles. The van der Waals surface area contributed by atoms with Gasteiger partial charge in [0.2, 0.25) is 0 Å². The number of hydrogen-bond acceptors (Lipinski definition) is 3. The van der Waals surface area contributed by atoms with E-state index in [0.29, 0.717) is 0 Å². The number of aliphatic carboxylic acids is 1. The molecule has 0 bridgehead atoms. The molecule has 0 saturated heterocycles. The second-order valence-corrected chi connectivity index (χ2v) is 3.38. The summed E-state index contributed by atoms with van der Waals surface area (Å²) in [7, 11) is 0. The van der Waals surface area contributed by atoms with Crippen molar-refractivity contribution >= 4 is 24.5 Å². The first-order valence-corrected chi connectivity index (χ1v) is 4.26. The largest absolute Gasteiger partial charge is 0.480 e. The Hall–Kier alpha value is -0.780. The van der Waals surface area contributed by atoms with Crippen molar-refractivity contribution in [1.29, 1.82) is 0 Å². The fourth-order valence-corrected chi connectivity index (χ4v) is 0.763. The summed E-state index contributed by atoms with van der Waals surface area (Å²) in [5.74, 6) is -2.25. The lowest BCUT2D eigenvalue weighted by molar-refractivity contribution is -0.143. The van der Waals surface area contributed by atoms with E-state index in [1.165, 1.54) is 0 Å². The van der Waals surface area contributed by atoms with Gasteiger partial charge in [0, 0.05) is 5.75 Å². The minimum atomic E-state index is -2.07. The summed E-state index contributed by atoms with van der Waals surface area (Å²) in [4.78, 5) is 21.4. The lowest BCUT2D eigenvalue weighted by atomic mass is 10.1. The maximum atomic E-state index is 12.9. The summed E-state index contributed by atoms with van der Waals surface area (Å²) in [6, 6.07) is -1.15. The van der Waals surface area contributed by atoms with Crippen LogP contribution in [0.3, 0.4) is 0 Å². The molecule has 0 aromatic rings. The van der Waals surface area contributed by atoms with Crippen LogP contribution in [0.1, 0.15) is 13.8 Å². The highest BCUT2D eigenvalue weighted by molar-refractivity contribution is 7.80. The Balaban J connectivity index is 4.26. The van der Waals surface area contributed by atoms with E-state index in [9.17, 15) is 14.0 Å². The number of carboxylic acid groups (broad SMARTS) is 1. The van der Waals surface area contributed by atoms with Crippen LogP contribution in [0.25, 0.3) is 0 Å². The standard InChI is InChI=1S/C7H12FNO3S/c1-7(2,8)6(12)9-4(3-13)5(10)11/h4,13H,3H2,1-2H3,(H,9,12)(H,10,11)/t4-/m0/s1. The van der Waals surface area contributed by atoms with Gasteiger partial charge in [0.05, 0.1) is 0 Å². The highest BCUT2D eigenvalue weighted by atomic mass is 32.1. The smallest absolute Gasteiger partial charge is 0.327 e. The molecular weight excluding hydrogens is 197 g/mol. The molecule has 6 heteroatoms. The number of rotatable bonds is 4.